The highest BCUT2D eigenvalue weighted by atomic mass is 35.5. The molecule has 7 nitrogen and oxygen atoms in total. The van der Waals surface area contributed by atoms with Crippen LogP contribution < -0.4 is 10.6 Å². The molecule has 0 radical (unpaired) electrons. The lowest BCUT2D eigenvalue weighted by molar-refractivity contribution is -0.127. The van der Waals surface area contributed by atoms with E-state index < -0.39 is 0 Å². The van der Waals surface area contributed by atoms with E-state index in [-0.39, 0.29) is 17.7 Å². The summed E-state index contributed by atoms with van der Waals surface area (Å²) < 4.78 is 0. The van der Waals surface area contributed by atoms with Gasteiger partial charge in [0, 0.05) is 32.1 Å². The van der Waals surface area contributed by atoms with Crippen molar-refractivity contribution in [1.29, 1.82) is 0 Å². The molecule has 0 atom stereocenters. The van der Waals surface area contributed by atoms with Gasteiger partial charge in [-0.05, 0) is 42.8 Å². The zero-order valence-corrected chi connectivity index (χ0v) is 16.8. The number of nitrogens with one attached hydrogen (secondary N) is 2. The number of aromatic nitrogens is 1. The van der Waals surface area contributed by atoms with E-state index in [4.69, 9.17) is 11.6 Å². The average molecular weight is 421 g/mol. The minimum absolute atomic E-state index is 0.148. The van der Waals surface area contributed by atoms with E-state index in [0.717, 1.165) is 19.4 Å². The largest absolute Gasteiger partial charge is 0.343 e. The third kappa shape index (κ3) is 5.53. The van der Waals surface area contributed by atoms with Crippen LogP contribution in [0.15, 0.2) is 29.8 Å². The molecule has 2 aromatic rings. The smallest absolute Gasteiger partial charge is 0.269 e. The summed E-state index contributed by atoms with van der Waals surface area (Å²) in [6, 6.07) is 4.95. The number of anilines is 2. The van der Waals surface area contributed by atoms with Gasteiger partial charge in [-0.25, -0.2) is 4.98 Å². The van der Waals surface area contributed by atoms with E-state index in [0.29, 0.717) is 47.2 Å². The van der Waals surface area contributed by atoms with Crippen LogP contribution in [0.2, 0.25) is 5.02 Å². The van der Waals surface area contributed by atoms with E-state index >= 15 is 0 Å². The molecule has 9 heteroatoms. The van der Waals surface area contributed by atoms with E-state index in [1.807, 2.05) is 4.90 Å². The van der Waals surface area contributed by atoms with Gasteiger partial charge < -0.3 is 15.5 Å². The summed E-state index contributed by atoms with van der Waals surface area (Å²) >= 11 is 7.03. The summed E-state index contributed by atoms with van der Waals surface area (Å²) in [4.78, 5) is 42.5. The Bertz CT molecular complexity index is 853. The van der Waals surface area contributed by atoms with Gasteiger partial charge in [0.2, 0.25) is 11.8 Å². The third-order valence-electron chi connectivity index (χ3n) is 4.37. The third-order valence-corrected chi connectivity index (χ3v) is 5.50. The number of carbonyl (C=O) groups is 3. The van der Waals surface area contributed by atoms with Crippen molar-refractivity contribution in [2.75, 3.05) is 23.7 Å². The zero-order valence-electron chi connectivity index (χ0n) is 15.2. The highest BCUT2D eigenvalue weighted by molar-refractivity contribution is 7.12. The van der Waals surface area contributed by atoms with Gasteiger partial charge in [-0.1, -0.05) is 11.6 Å². The second-order valence-corrected chi connectivity index (χ2v) is 7.82. The van der Waals surface area contributed by atoms with E-state index in [1.165, 1.54) is 17.5 Å². The first-order valence-electron chi connectivity index (χ1n) is 9.11. The van der Waals surface area contributed by atoms with Crippen LogP contribution in [0.5, 0.6) is 0 Å². The van der Waals surface area contributed by atoms with Crippen molar-refractivity contribution < 1.29 is 14.4 Å². The molecule has 1 saturated heterocycles. The molecule has 0 aromatic carbocycles. The molecule has 1 fully saturated rings. The van der Waals surface area contributed by atoms with Crippen molar-refractivity contribution >= 4 is 52.2 Å². The predicted molar refractivity (Wildman–Crippen MR) is 110 cm³/mol. The number of thiophene rings is 1. The molecule has 2 aromatic heterocycles. The molecule has 2 N–H and O–H groups in total. The number of pyridine rings is 1. The van der Waals surface area contributed by atoms with Crippen LogP contribution in [0.25, 0.3) is 0 Å². The highest BCUT2D eigenvalue weighted by Crippen LogP contribution is 2.24. The summed E-state index contributed by atoms with van der Waals surface area (Å²) in [5.41, 5.74) is 0.483. The number of nitrogens with zero attached hydrogens (tertiary/aromatic N) is 2. The molecule has 148 valence electrons. The molecule has 0 bridgehead atoms. The molecule has 0 unspecified atom stereocenters. The van der Waals surface area contributed by atoms with Crippen LogP contribution >= 0.6 is 22.9 Å². The Hall–Kier alpha value is -2.45. The number of amides is 3. The first kappa shape index (κ1) is 20.3. The van der Waals surface area contributed by atoms with Crippen molar-refractivity contribution in [3.05, 3.63) is 39.7 Å². The van der Waals surface area contributed by atoms with Crippen molar-refractivity contribution in [2.24, 2.45) is 0 Å². The molecule has 0 saturated carbocycles. The summed E-state index contributed by atoms with van der Waals surface area (Å²) in [7, 11) is 0. The summed E-state index contributed by atoms with van der Waals surface area (Å²) in [5.74, 6) is 0.0996. The molecular weight excluding hydrogens is 400 g/mol. The van der Waals surface area contributed by atoms with Crippen LogP contribution in [0.3, 0.4) is 0 Å². The molecule has 3 rings (SSSR count). The SMILES string of the molecule is O=C(CCCCN1CCCC1=O)Nc1ccsc1C(=O)Nc1ccc(Cl)cn1. The van der Waals surface area contributed by atoms with Gasteiger partial charge >= 0.3 is 0 Å². The molecule has 0 spiro atoms. The molecule has 1 aliphatic heterocycles. The van der Waals surface area contributed by atoms with Gasteiger partial charge in [0.25, 0.3) is 5.91 Å². The number of rotatable bonds is 8. The first-order valence-corrected chi connectivity index (χ1v) is 10.4. The second-order valence-electron chi connectivity index (χ2n) is 6.47. The van der Waals surface area contributed by atoms with Gasteiger partial charge in [0.15, 0.2) is 0 Å². The van der Waals surface area contributed by atoms with Crippen molar-refractivity contribution in [1.82, 2.24) is 9.88 Å². The molecule has 0 aliphatic carbocycles. The predicted octanol–water partition coefficient (Wildman–Crippen LogP) is 3.78. The van der Waals surface area contributed by atoms with Gasteiger partial charge in [-0.3, -0.25) is 14.4 Å². The van der Waals surface area contributed by atoms with E-state index in [1.54, 1.807) is 23.6 Å². The topological polar surface area (TPSA) is 91.4 Å². The second kappa shape index (κ2) is 9.66. The summed E-state index contributed by atoms with van der Waals surface area (Å²) in [6.07, 6.45) is 4.83. The number of hydrogen-bond donors (Lipinski definition) is 2. The fraction of sp³-hybridized carbons (Fsp3) is 0.368. The molecular formula is C19H21ClN4O3S. The first-order chi connectivity index (χ1) is 13.5. The molecule has 3 amide bonds. The number of carbonyl (C=O) groups excluding carboxylic acids is 3. The zero-order chi connectivity index (χ0) is 19.9. The molecule has 28 heavy (non-hydrogen) atoms. The van der Waals surface area contributed by atoms with Crippen LogP contribution in [-0.4, -0.2) is 40.7 Å². The number of hydrogen-bond acceptors (Lipinski definition) is 5. The maximum atomic E-state index is 12.4. The highest BCUT2D eigenvalue weighted by Gasteiger charge is 2.19. The monoisotopic (exact) mass is 420 g/mol. The normalized spacial score (nSPS) is 13.6. The van der Waals surface area contributed by atoms with Gasteiger partial charge in [0.1, 0.15) is 10.7 Å². The van der Waals surface area contributed by atoms with Gasteiger partial charge in [-0.15, -0.1) is 11.3 Å². The minimum Gasteiger partial charge on any atom is -0.343 e. The quantitative estimate of drug-likeness (QED) is 0.636. The number of likely N-dealkylation sites (tertiary alicyclic amines) is 1. The lowest BCUT2D eigenvalue weighted by Crippen LogP contribution is -2.25. The maximum absolute atomic E-state index is 12.4. The van der Waals surface area contributed by atoms with Crippen LogP contribution in [0.4, 0.5) is 11.5 Å². The fourth-order valence-corrected chi connectivity index (χ4v) is 3.80. The number of unbranched alkanes of at least 4 members (excludes halogenated alkanes) is 1. The fourth-order valence-electron chi connectivity index (χ4n) is 2.95. The molecule has 1 aliphatic rings. The Morgan fingerprint density at radius 1 is 1.21 bits per heavy atom. The number of halogens is 1. The van der Waals surface area contributed by atoms with Crippen LogP contribution in [-0.2, 0) is 9.59 Å². The Morgan fingerprint density at radius 3 is 2.79 bits per heavy atom. The van der Waals surface area contributed by atoms with Crippen molar-refractivity contribution in [2.45, 2.75) is 32.1 Å². The Labute approximate surface area is 172 Å². The minimum atomic E-state index is -0.340. The Balaban J connectivity index is 1.46. The summed E-state index contributed by atoms with van der Waals surface area (Å²) in [5, 5.41) is 7.71. The van der Waals surface area contributed by atoms with Gasteiger partial charge in [-0.2, -0.15) is 0 Å². The lowest BCUT2D eigenvalue weighted by atomic mass is 10.2. The molecule has 3 heterocycles. The van der Waals surface area contributed by atoms with Crippen LogP contribution in [0, 0.1) is 0 Å². The maximum Gasteiger partial charge on any atom is 0.269 e. The van der Waals surface area contributed by atoms with Crippen molar-refractivity contribution in [3.63, 3.8) is 0 Å². The van der Waals surface area contributed by atoms with E-state index in [9.17, 15) is 14.4 Å². The van der Waals surface area contributed by atoms with Crippen LogP contribution in [0.1, 0.15) is 41.8 Å². The standard InChI is InChI=1S/C19H21ClN4O3S/c20-13-6-7-15(21-12-13)23-19(27)18-14(8-11-28-18)22-16(25)4-1-2-9-24-10-3-5-17(24)26/h6-8,11-12H,1-5,9-10H2,(H,22,25)(H,21,23,27). The van der Waals surface area contributed by atoms with E-state index in [2.05, 4.69) is 15.6 Å². The Kier molecular flexibility index (Phi) is 7.00. The van der Waals surface area contributed by atoms with Crippen molar-refractivity contribution in [3.8, 4) is 0 Å². The lowest BCUT2D eigenvalue weighted by Gasteiger charge is -2.14. The summed E-state index contributed by atoms with van der Waals surface area (Å²) in [6.45, 7) is 1.52. The Morgan fingerprint density at radius 2 is 2.07 bits per heavy atom. The van der Waals surface area contributed by atoms with Gasteiger partial charge in [0.05, 0.1) is 10.7 Å². The average Bonchev–Trinajstić information content (AvgIpc) is 3.29.